The topological polar surface area (TPSA) is 92.7 Å². The van der Waals surface area contributed by atoms with Gasteiger partial charge in [-0.2, -0.15) is 5.26 Å². The molecule has 0 saturated heterocycles. The van der Waals surface area contributed by atoms with Gasteiger partial charge in [0.25, 0.3) is 0 Å². The minimum atomic E-state index is -0.466. The predicted octanol–water partition coefficient (Wildman–Crippen LogP) is 3.28. The summed E-state index contributed by atoms with van der Waals surface area (Å²) in [6, 6.07) is 17.4. The summed E-state index contributed by atoms with van der Waals surface area (Å²) in [5, 5.41) is 19.0. The molecule has 0 amide bonds. The van der Waals surface area contributed by atoms with Crippen LogP contribution in [0.3, 0.4) is 0 Å². The number of hydrogen-bond donors (Lipinski definition) is 3. The number of nitrogens with zero attached hydrogens (tertiary/aromatic N) is 1. The van der Waals surface area contributed by atoms with Crippen LogP contribution in [0.4, 0.5) is 0 Å². The second-order valence-electron chi connectivity index (χ2n) is 5.21. The minimum absolute atomic E-state index is 0.199. The maximum absolute atomic E-state index is 11.4. The molecule has 0 aliphatic heterocycles. The van der Waals surface area contributed by atoms with E-state index in [9.17, 15) is 9.90 Å². The first kappa shape index (κ1) is 16.0. The molecule has 2 aromatic carbocycles. The summed E-state index contributed by atoms with van der Waals surface area (Å²) in [6.07, 6.45) is 0.886. The average Bonchev–Trinajstić information content (AvgIpc) is 2.94. The lowest BCUT2D eigenvalue weighted by Gasteiger charge is -2.09. The lowest BCUT2D eigenvalue weighted by molar-refractivity contribution is 0.457. The van der Waals surface area contributed by atoms with E-state index in [1.54, 1.807) is 30.0 Å². The zero-order valence-electron chi connectivity index (χ0n) is 12.7. The highest BCUT2D eigenvalue weighted by molar-refractivity contribution is 7.99. The number of H-pyrrole nitrogens is 2. The van der Waals surface area contributed by atoms with E-state index in [1.165, 1.54) is 5.56 Å². The number of aromatic hydroxyl groups is 1. The largest absolute Gasteiger partial charge is 0.493 e. The lowest BCUT2D eigenvalue weighted by atomic mass is 10.1. The molecule has 6 heteroatoms. The first-order valence-corrected chi connectivity index (χ1v) is 8.38. The lowest BCUT2D eigenvalue weighted by Crippen LogP contribution is -2.00. The number of hydrogen-bond acceptors (Lipinski definition) is 4. The Labute approximate surface area is 143 Å². The van der Waals surface area contributed by atoms with Crippen LogP contribution in [-0.4, -0.2) is 20.8 Å². The van der Waals surface area contributed by atoms with Crippen molar-refractivity contribution in [2.45, 2.75) is 11.3 Å². The van der Waals surface area contributed by atoms with Crippen LogP contribution in [0.25, 0.3) is 11.3 Å². The maximum Gasteiger partial charge on any atom is 0.326 e. The Bertz CT molecular complexity index is 939. The van der Waals surface area contributed by atoms with Crippen LogP contribution in [0.15, 0.2) is 58.2 Å². The molecular weight excluding hydrogens is 322 g/mol. The quantitative estimate of drug-likeness (QED) is 0.623. The molecule has 3 N–H and O–H groups in total. The highest BCUT2D eigenvalue weighted by atomic mass is 32.2. The fraction of sp³-hybridized carbons (Fsp3) is 0.111. The number of nitriles is 1. The molecule has 0 aliphatic carbocycles. The number of imidazole rings is 1. The van der Waals surface area contributed by atoms with Crippen molar-refractivity contribution in [2.24, 2.45) is 0 Å². The number of rotatable bonds is 5. The summed E-state index contributed by atoms with van der Waals surface area (Å²) in [5.74, 6) is 0.621. The SMILES string of the molecule is N#Cc1ccc(-c2[nH]c(=O)[nH]c2O)c(SCCc2ccccc2)c1. The van der Waals surface area contributed by atoms with Crippen LogP contribution >= 0.6 is 11.8 Å². The summed E-state index contributed by atoms with van der Waals surface area (Å²) < 4.78 is 0. The molecule has 0 fully saturated rings. The van der Waals surface area contributed by atoms with E-state index in [0.717, 1.165) is 17.1 Å². The smallest absolute Gasteiger partial charge is 0.326 e. The monoisotopic (exact) mass is 337 g/mol. The van der Waals surface area contributed by atoms with Gasteiger partial charge in [-0.15, -0.1) is 11.8 Å². The first-order chi connectivity index (χ1) is 11.7. The second kappa shape index (κ2) is 7.11. The Balaban J connectivity index is 1.86. The molecule has 0 radical (unpaired) electrons. The fourth-order valence-electron chi connectivity index (χ4n) is 2.41. The van der Waals surface area contributed by atoms with Crippen molar-refractivity contribution < 1.29 is 5.11 Å². The van der Waals surface area contributed by atoms with E-state index in [1.807, 2.05) is 18.2 Å². The van der Waals surface area contributed by atoms with Gasteiger partial charge < -0.3 is 10.1 Å². The normalized spacial score (nSPS) is 10.5. The van der Waals surface area contributed by atoms with Crippen LogP contribution in [0.2, 0.25) is 0 Å². The van der Waals surface area contributed by atoms with Gasteiger partial charge in [0.1, 0.15) is 5.69 Å². The molecule has 3 aromatic rings. The highest BCUT2D eigenvalue weighted by Crippen LogP contribution is 2.34. The molecule has 0 atom stereocenters. The van der Waals surface area contributed by atoms with Gasteiger partial charge in [0.05, 0.1) is 11.6 Å². The van der Waals surface area contributed by atoms with Crippen molar-refractivity contribution in [2.75, 3.05) is 5.75 Å². The summed E-state index contributed by atoms with van der Waals surface area (Å²) in [7, 11) is 0. The zero-order valence-corrected chi connectivity index (χ0v) is 13.6. The van der Waals surface area contributed by atoms with Crippen molar-refractivity contribution in [1.82, 2.24) is 9.97 Å². The molecule has 0 saturated carbocycles. The Morgan fingerprint density at radius 2 is 1.92 bits per heavy atom. The standard InChI is InChI=1S/C18H15N3O2S/c19-11-13-6-7-14(16-17(22)21-18(23)20-16)15(10-13)24-9-8-12-4-2-1-3-5-12/h1-7,10,22H,8-9H2,(H2,20,21,23). The van der Waals surface area contributed by atoms with Crippen molar-refractivity contribution >= 4 is 11.8 Å². The van der Waals surface area contributed by atoms with E-state index in [4.69, 9.17) is 5.26 Å². The number of benzene rings is 2. The van der Waals surface area contributed by atoms with E-state index >= 15 is 0 Å². The third kappa shape index (κ3) is 3.53. The average molecular weight is 337 g/mol. The number of aryl methyl sites for hydroxylation is 1. The number of aromatic amines is 2. The number of nitrogens with one attached hydrogen (secondary N) is 2. The molecule has 0 spiro atoms. The van der Waals surface area contributed by atoms with Crippen molar-refractivity contribution in [3.05, 3.63) is 70.1 Å². The number of aromatic nitrogens is 2. The molecule has 1 aromatic heterocycles. The molecule has 0 bridgehead atoms. The van der Waals surface area contributed by atoms with E-state index in [-0.39, 0.29) is 5.88 Å². The van der Waals surface area contributed by atoms with Crippen molar-refractivity contribution in [1.29, 1.82) is 5.26 Å². The molecule has 0 unspecified atom stereocenters. The number of thioether (sulfide) groups is 1. The first-order valence-electron chi connectivity index (χ1n) is 7.40. The van der Waals surface area contributed by atoms with Crippen molar-refractivity contribution in [3.8, 4) is 23.2 Å². The highest BCUT2D eigenvalue weighted by Gasteiger charge is 2.14. The zero-order chi connectivity index (χ0) is 16.9. The third-order valence-electron chi connectivity index (χ3n) is 3.58. The Kier molecular flexibility index (Phi) is 4.73. The third-order valence-corrected chi connectivity index (χ3v) is 4.64. The van der Waals surface area contributed by atoms with Crippen LogP contribution in [-0.2, 0) is 6.42 Å². The fourth-order valence-corrected chi connectivity index (χ4v) is 3.50. The summed E-state index contributed by atoms with van der Waals surface area (Å²) in [5.41, 5.74) is 2.35. The van der Waals surface area contributed by atoms with Gasteiger partial charge in [0.2, 0.25) is 5.88 Å². The van der Waals surface area contributed by atoms with Gasteiger partial charge in [-0.1, -0.05) is 36.4 Å². The maximum atomic E-state index is 11.4. The summed E-state index contributed by atoms with van der Waals surface area (Å²) >= 11 is 1.59. The van der Waals surface area contributed by atoms with Gasteiger partial charge in [-0.3, -0.25) is 4.98 Å². The van der Waals surface area contributed by atoms with Crippen molar-refractivity contribution in [3.63, 3.8) is 0 Å². The summed E-state index contributed by atoms with van der Waals surface area (Å²) in [6.45, 7) is 0. The molecule has 3 rings (SSSR count). The van der Waals surface area contributed by atoms with Gasteiger partial charge in [-0.25, -0.2) is 4.79 Å². The Hall–Kier alpha value is -2.91. The Morgan fingerprint density at radius 1 is 1.12 bits per heavy atom. The van der Waals surface area contributed by atoms with Gasteiger partial charge in [0, 0.05) is 16.2 Å². The molecule has 0 aliphatic rings. The second-order valence-corrected chi connectivity index (χ2v) is 6.35. The molecule has 1 heterocycles. The molecule has 24 heavy (non-hydrogen) atoms. The van der Waals surface area contributed by atoms with Crippen LogP contribution < -0.4 is 5.69 Å². The van der Waals surface area contributed by atoms with E-state index in [2.05, 4.69) is 28.2 Å². The van der Waals surface area contributed by atoms with Gasteiger partial charge in [0.15, 0.2) is 0 Å². The minimum Gasteiger partial charge on any atom is -0.493 e. The molecular formula is C18H15N3O2S. The Morgan fingerprint density at radius 3 is 2.58 bits per heavy atom. The van der Waals surface area contributed by atoms with E-state index < -0.39 is 5.69 Å². The van der Waals surface area contributed by atoms with Crippen LogP contribution in [0.1, 0.15) is 11.1 Å². The van der Waals surface area contributed by atoms with E-state index in [0.29, 0.717) is 16.8 Å². The van der Waals surface area contributed by atoms with Gasteiger partial charge in [-0.05, 0) is 24.1 Å². The van der Waals surface area contributed by atoms with Crippen LogP contribution in [0.5, 0.6) is 5.88 Å². The summed E-state index contributed by atoms with van der Waals surface area (Å²) in [4.78, 5) is 17.1. The van der Waals surface area contributed by atoms with Gasteiger partial charge >= 0.3 is 5.69 Å². The van der Waals surface area contributed by atoms with Crippen LogP contribution in [0, 0.1) is 11.3 Å². The predicted molar refractivity (Wildman–Crippen MR) is 94.1 cm³/mol. The molecule has 120 valence electrons. The molecule has 5 nitrogen and oxygen atoms in total.